The number of carbonyl (C=O) groups excluding carboxylic acids is 1. The van der Waals surface area contributed by atoms with E-state index in [9.17, 15) is 4.79 Å². The molecule has 148 valence electrons. The van der Waals surface area contributed by atoms with Crippen molar-refractivity contribution in [1.29, 1.82) is 0 Å². The maximum absolute atomic E-state index is 12.8. The molecule has 0 atom stereocenters. The standard InChI is InChI=1S/C21H38N4O/c1-5-9-13-22-18-16-17(12-8-4)19(21(26)24-15-11-7-3)20(25-18)23-14-10-6-2/h16H,5-15H2,1-4H3,(H,24,26)(H2,22,23,25). The third kappa shape index (κ3) is 7.63. The van der Waals surface area contributed by atoms with E-state index in [-0.39, 0.29) is 5.91 Å². The maximum Gasteiger partial charge on any atom is 0.255 e. The Morgan fingerprint density at radius 2 is 1.50 bits per heavy atom. The molecule has 1 heterocycles. The Kier molecular flexibility index (Phi) is 11.5. The van der Waals surface area contributed by atoms with Gasteiger partial charge in [0.25, 0.3) is 5.91 Å². The lowest BCUT2D eigenvalue weighted by Crippen LogP contribution is -2.27. The average Bonchev–Trinajstić information content (AvgIpc) is 2.62. The van der Waals surface area contributed by atoms with Crippen LogP contribution in [0.2, 0.25) is 0 Å². The van der Waals surface area contributed by atoms with E-state index in [1.54, 1.807) is 0 Å². The zero-order chi connectivity index (χ0) is 19.2. The molecule has 1 amide bonds. The van der Waals surface area contributed by atoms with Crippen LogP contribution in [0.4, 0.5) is 11.6 Å². The van der Waals surface area contributed by atoms with Crippen LogP contribution >= 0.6 is 0 Å². The Hall–Kier alpha value is -1.78. The van der Waals surface area contributed by atoms with Gasteiger partial charge in [0.2, 0.25) is 0 Å². The smallest absolute Gasteiger partial charge is 0.255 e. The van der Waals surface area contributed by atoms with Crippen LogP contribution < -0.4 is 16.0 Å². The molecule has 0 spiro atoms. The molecule has 5 heteroatoms. The van der Waals surface area contributed by atoms with E-state index in [0.29, 0.717) is 6.54 Å². The van der Waals surface area contributed by atoms with Gasteiger partial charge in [-0.05, 0) is 37.3 Å². The highest BCUT2D eigenvalue weighted by Crippen LogP contribution is 2.24. The van der Waals surface area contributed by atoms with Crippen molar-refractivity contribution >= 4 is 17.5 Å². The van der Waals surface area contributed by atoms with Gasteiger partial charge in [0.1, 0.15) is 11.6 Å². The summed E-state index contributed by atoms with van der Waals surface area (Å²) in [4.78, 5) is 17.6. The number of hydrogen-bond acceptors (Lipinski definition) is 4. The molecule has 0 aliphatic heterocycles. The minimum Gasteiger partial charge on any atom is -0.370 e. The Morgan fingerprint density at radius 1 is 0.885 bits per heavy atom. The SMILES string of the molecule is CCCCNC(=O)c1c(CCC)cc(NCCCC)nc1NCCCC. The normalized spacial score (nSPS) is 10.6. The van der Waals surface area contributed by atoms with Crippen molar-refractivity contribution in [1.82, 2.24) is 10.3 Å². The number of aryl methyl sites for hydroxylation is 1. The van der Waals surface area contributed by atoms with Gasteiger partial charge in [-0.25, -0.2) is 4.98 Å². The van der Waals surface area contributed by atoms with E-state index in [1.807, 2.05) is 0 Å². The fourth-order valence-electron chi connectivity index (χ4n) is 2.78. The predicted molar refractivity (Wildman–Crippen MR) is 112 cm³/mol. The number of nitrogens with one attached hydrogen (secondary N) is 3. The van der Waals surface area contributed by atoms with Crippen molar-refractivity contribution in [3.63, 3.8) is 0 Å². The van der Waals surface area contributed by atoms with E-state index in [1.165, 1.54) is 0 Å². The molecule has 0 aliphatic rings. The zero-order valence-corrected chi connectivity index (χ0v) is 17.2. The van der Waals surface area contributed by atoms with Gasteiger partial charge >= 0.3 is 0 Å². The number of hydrogen-bond donors (Lipinski definition) is 3. The first-order chi connectivity index (χ1) is 12.7. The number of aromatic nitrogens is 1. The molecule has 1 rings (SSSR count). The van der Waals surface area contributed by atoms with E-state index in [0.717, 1.165) is 87.2 Å². The van der Waals surface area contributed by atoms with Crippen LogP contribution in [-0.4, -0.2) is 30.5 Å². The summed E-state index contributed by atoms with van der Waals surface area (Å²) in [5, 5.41) is 9.88. The van der Waals surface area contributed by atoms with Crippen molar-refractivity contribution in [2.45, 2.75) is 79.1 Å². The average molecular weight is 363 g/mol. The van der Waals surface area contributed by atoms with Crippen LogP contribution in [0, 0.1) is 0 Å². The number of amides is 1. The summed E-state index contributed by atoms with van der Waals surface area (Å²) in [7, 11) is 0. The Balaban J connectivity index is 3.11. The molecule has 0 saturated heterocycles. The minimum absolute atomic E-state index is 0.00601. The minimum atomic E-state index is -0.00601. The van der Waals surface area contributed by atoms with Gasteiger partial charge in [0.15, 0.2) is 0 Å². The molecule has 0 unspecified atom stereocenters. The van der Waals surface area contributed by atoms with Crippen molar-refractivity contribution in [2.75, 3.05) is 30.3 Å². The molecule has 0 aliphatic carbocycles. The van der Waals surface area contributed by atoms with Gasteiger partial charge in [0, 0.05) is 19.6 Å². The van der Waals surface area contributed by atoms with Crippen LogP contribution in [0.3, 0.4) is 0 Å². The first kappa shape index (κ1) is 22.3. The Morgan fingerprint density at radius 3 is 2.12 bits per heavy atom. The summed E-state index contributed by atoms with van der Waals surface area (Å²) in [5.41, 5.74) is 1.80. The molecule has 0 aromatic carbocycles. The summed E-state index contributed by atoms with van der Waals surface area (Å²) in [6.07, 6.45) is 8.39. The second kappa shape index (κ2) is 13.4. The highest BCUT2D eigenvalue weighted by Gasteiger charge is 2.19. The largest absolute Gasteiger partial charge is 0.370 e. The monoisotopic (exact) mass is 362 g/mol. The van der Waals surface area contributed by atoms with E-state index >= 15 is 0 Å². The molecular formula is C21H38N4O. The molecule has 0 bridgehead atoms. The number of pyridine rings is 1. The van der Waals surface area contributed by atoms with Crippen molar-refractivity contribution in [2.24, 2.45) is 0 Å². The Bertz CT molecular complexity index is 531. The summed E-state index contributed by atoms with van der Waals surface area (Å²) < 4.78 is 0. The topological polar surface area (TPSA) is 66.0 Å². The molecule has 3 N–H and O–H groups in total. The molecule has 26 heavy (non-hydrogen) atoms. The highest BCUT2D eigenvalue weighted by atomic mass is 16.1. The van der Waals surface area contributed by atoms with E-state index in [2.05, 4.69) is 49.7 Å². The molecule has 1 aromatic rings. The summed E-state index contributed by atoms with van der Waals surface area (Å²) >= 11 is 0. The van der Waals surface area contributed by atoms with Gasteiger partial charge in [-0.1, -0.05) is 53.4 Å². The predicted octanol–water partition coefficient (Wildman–Crippen LogP) is 4.99. The zero-order valence-electron chi connectivity index (χ0n) is 17.2. The number of anilines is 2. The summed E-state index contributed by atoms with van der Waals surface area (Å²) in [6, 6.07) is 2.05. The first-order valence-electron chi connectivity index (χ1n) is 10.5. The number of carbonyl (C=O) groups is 1. The fraction of sp³-hybridized carbons (Fsp3) is 0.714. The second-order valence-electron chi connectivity index (χ2n) is 6.81. The van der Waals surface area contributed by atoms with Crippen molar-refractivity contribution in [3.8, 4) is 0 Å². The van der Waals surface area contributed by atoms with Gasteiger partial charge in [-0.3, -0.25) is 4.79 Å². The quantitative estimate of drug-likeness (QED) is 0.408. The van der Waals surface area contributed by atoms with Gasteiger partial charge in [-0.15, -0.1) is 0 Å². The molecular weight excluding hydrogens is 324 g/mol. The molecule has 1 aromatic heterocycles. The highest BCUT2D eigenvalue weighted by molar-refractivity contribution is 6.00. The van der Waals surface area contributed by atoms with E-state index < -0.39 is 0 Å². The fourth-order valence-corrected chi connectivity index (χ4v) is 2.78. The second-order valence-corrected chi connectivity index (χ2v) is 6.81. The lowest BCUT2D eigenvalue weighted by molar-refractivity contribution is 0.0952. The van der Waals surface area contributed by atoms with Gasteiger partial charge < -0.3 is 16.0 Å². The first-order valence-corrected chi connectivity index (χ1v) is 10.5. The molecule has 5 nitrogen and oxygen atoms in total. The lowest BCUT2D eigenvalue weighted by Gasteiger charge is -2.18. The third-order valence-electron chi connectivity index (χ3n) is 4.32. The maximum atomic E-state index is 12.8. The molecule has 0 saturated carbocycles. The van der Waals surface area contributed by atoms with Crippen molar-refractivity contribution in [3.05, 3.63) is 17.2 Å². The van der Waals surface area contributed by atoms with Crippen molar-refractivity contribution < 1.29 is 4.79 Å². The Labute approximate surface area is 159 Å². The van der Waals surface area contributed by atoms with Gasteiger partial charge in [-0.2, -0.15) is 0 Å². The number of nitrogens with zero attached hydrogens (tertiary/aromatic N) is 1. The van der Waals surface area contributed by atoms with Crippen LogP contribution in [0.15, 0.2) is 6.07 Å². The number of unbranched alkanes of at least 4 members (excludes halogenated alkanes) is 3. The molecule has 0 radical (unpaired) electrons. The lowest BCUT2D eigenvalue weighted by atomic mass is 10.0. The van der Waals surface area contributed by atoms with Crippen LogP contribution in [0.1, 0.15) is 88.6 Å². The van der Waals surface area contributed by atoms with Gasteiger partial charge in [0.05, 0.1) is 5.56 Å². The van der Waals surface area contributed by atoms with Crippen LogP contribution in [0.5, 0.6) is 0 Å². The molecule has 0 fully saturated rings. The number of rotatable bonds is 14. The van der Waals surface area contributed by atoms with Crippen LogP contribution in [-0.2, 0) is 6.42 Å². The third-order valence-corrected chi connectivity index (χ3v) is 4.32. The van der Waals surface area contributed by atoms with E-state index in [4.69, 9.17) is 4.98 Å². The summed E-state index contributed by atoms with van der Waals surface area (Å²) in [5.74, 6) is 1.58. The van der Waals surface area contributed by atoms with Crippen LogP contribution in [0.25, 0.3) is 0 Å². The summed E-state index contributed by atoms with van der Waals surface area (Å²) in [6.45, 7) is 11.1.